The summed E-state index contributed by atoms with van der Waals surface area (Å²) >= 11 is 6.19. The van der Waals surface area contributed by atoms with E-state index in [1.807, 2.05) is 43.4 Å². The quantitative estimate of drug-likeness (QED) is 0.880. The molecule has 0 fully saturated rings. The van der Waals surface area contributed by atoms with E-state index in [-0.39, 0.29) is 6.04 Å². The van der Waals surface area contributed by atoms with Gasteiger partial charge in [-0.1, -0.05) is 29.8 Å². The third-order valence-electron chi connectivity index (χ3n) is 2.54. The Balaban J connectivity index is 2.41. The Labute approximate surface area is 100 Å². The Morgan fingerprint density at radius 1 is 1.12 bits per heavy atom. The van der Waals surface area contributed by atoms with Crippen LogP contribution in [0.2, 0.25) is 5.02 Å². The predicted molar refractivity (Wildman–Crippen MR) is 66.6 cm³/mol. The third kappa shape index (κ3) is 2.23. The van der Waals surface area contributed by atoms with Gasteiger partial charge in [-0.05, 0) is 36.4 Å². The van der Waals surface area contributed by atoms with Crippen LogP contribution in [0.3, 0.4) is 0 Å². The summed E-state index contributed by atoms with van der Waals surface area (Å²) < 4.78 is 0. The number of rotatable bonds is 3. The highest BCUT2D eigenvalue weighted by Gasteiger charge is 2.13. The summed E-state index contributed by atoms with van der Waals surface area (Å²) in [5.41, 5.74) is 2.24. The first-order chi connectivity index (χ1) is 7.83. The van der Waals surface area contributed by atoms with Crippen LogP contribution >= 0.6 is 11.6 Å². The van der Waals surface area contributed by atoms with Crippen LogP contribution in [0.5, 0.6) is 0 Å². The number of pyridine rings is 1. The fourth-order valence-electron chi connectivity index (χ4n) is 1.77. The molecule has 1 N–H and O–H groups in total. The van der Waals surface area contributed by atoms with E-state index in [1.165, 1.54) is 0 Å². The van der Waals surface area contributed by atoms with Crippen LogP contribution in [-0.4, -0.2) is 12.0 Å². The van der Waals surface area contributed by atoms with Crippen molar-refractivity contribution in [3.8, 4) is 0 Å². The minimum absolute atomic E-state index is 0.108. The van der Waals surface area contributed by atoms with Crippen molar-refractivity contribution < 1.29 is 0 Å². The topological polar surface area (TPSA) is 24.9 Å². The largest absolute Gasteiger partial charge is 0.309 e. The van der Waals surface area contributed by atoms with Crippen LogP contribution in [0.15, 0.2) is 48.8 Å². The van der Waals surface area contributed by atoms with Crippen molar-refractivity contribution in [2.24, 2.45) is 0 Å². The molecule has 1 aromatic carbocycles. The number of aromatic nitrogens is 1. The first kappa shape index (κ1) is 11.1. The van der Waals surface area contributed by atoms with E-state index in [0.29, 0.717) is 0 Å². The second kappa shape index (κ2) is 5.10. The normalized spacial score (nSPS) is 12.4. The Morgan fingerprint density at radius 3 is 2.44 bits per heavy atom. The number of nitrogens with zero attached hydrogens (tertiary/aromatic N) is 1. The van der Waals surface area contributed by atoms with Gasteiger partial charge in [-0.15, -0.1) is 0 Å². The lowest BCUT2D eigenvalue weighted by molar-refractivity contribution is 0.691. The van der Waals surface area contributed by atoms with Gasteiger partial charge < -0.3 is 5.32 Å². The van der Waals surface area contributed by atoms with Crippen molar-refractivity contribution in [1.82, 2.24) is 10.3 Å². The van der Waals surface area contributed by atoms with E-state index in [4.69, 9.17) is 11.6 Å². The maximum absolute atomic E-state index is 6.19. The summed E-state index contributed by atoms with van der Waals surface area (Å²) in [6.45, 7) is 0. The lowest BCUT2D eigenvalue weighted by atomic mass is 10.00. The molecule has 0 aliphatic heterocycles. The van der Waals surface area contributed by atoms with Crippen molar-refractivity contribution in [1.29, 1.82) is 0 Å². The molecule has 0 radical (unpaired) electrons. The van der Waals surface area contributed by atoms with Crippen LogP contribution in [0.1, 0.15) is 17.2 Å². The van der Waals surface area contributed by atoms with Gasteiger partial charge in [0.2, 0.25) is 0 Å². The van der Waals surface area contributed by atoms with E-state index < -0.39 is 0 Å². The molecular formula is C13H13ClN2. The standard InChI is InChI=1S/C13H13ClN2/c1-15-13(10-6-8-16-9-7-10)11-4-2-3-5-12(11)14/h2-9,13,15H,1H3. The summed E-state index contributed by atoms with van der Waals surface area (Å²) in [4.78, 5) is 4.02. The molecule has 3 heteroatoms. The molecule has 2 aromatic rings. The van der Waals surface area contributed by atoms with Crippen LogP contribution in [0.25, 0.3) is 0 Å². The van der Waals surface area contributed by atoms with Crippen LogP contribution in [0, 0.1) is 0 Å². The van der Waals surface area contributed by atoms with Gasteiger partial charge in [-0.2, -0.15) is 0 Å². The Kier molecular flexibility index (Phi) is 3.54. The molecule has 1 atom stereocenters. The smallest absolute Gasteiger partial charge is 0.0590 e. The average Bonchev–Trinajstić information content (AvgIpc) is 2.34. The summed E-state index contributed by atoms with van der Waals surface area (Å²) in [5.74, 6) is 0. The van der Waals surface area contributed by atoms with Gasteiger partial charge in [0.25, 0.3) is 0 Å². The highest BCUT2D eigenvalue weighted by atomic mass is 35.5. The van der Waals surface area contributed by atoms with Crippen molar-refractivity contribution in [3.63, 3.8) is 0 Å². The Bertz CT molecular complexity index is 456. The summed E-state index contributed by atoms with van der Waals surface area (Å²) in [7, 11) is 1.93. The molecule has 0 saturated carbocycles. The second-order valence-corrected chi connectivity index (χ2v) is 3.93. The summed E-state index contributed by atoms with van der Waals surface area (Å²) in [6, 6.07) is 12.0. The maximum atomic E-state index is 6.19. The monoisotopic (exact) mass is 232 g/mol. The fourth-order valence-corrected chi connectivity index (χ4v) is 2.01. The van der Waals surface area contributed by atoms with Crippen molar-refractivity contribution in [3.05, 3.63) is 64.9 Å². The maximum Gasteiger partial charge on any atom is 0.0590 e. The molecule has 1 unspecified atom stereocenters. The van der Waals surface area contributed by atoms with Crippen LogP contribution in [-0.2, 0) is 0 Å². The van der Waals surface area contributed by atoms with Gasteiger partial charge in [0, 0.05) is 17.4 Å². The lowest BCUT2D eigenvalue weighted by Gasteiger charge is -2.18. The molecule has 0 amide bonds. The molecule has 0 aliphatic rings. The predicted octanol–water partition coefficient (Wildman–Crippen LogP) is 3.04. The SMILES string of the molecule is CNC(c1ccncc1)c1ccccc1Cl. The molecule has 0 aliphatic carbocycles. The molecule has 1 aromatic heterocycles. The van der Waals surface area contributed by atoms with Crippen LogP contribution in [0.4, 0.5) is 0 Å². The zero-order chi connectivity index (χ0) is 11.4. The van der Waals surface area contributed by atoms with E-state index in [9.17, 15) is 0 Å². The number of nitrogens with one attached hydrogen (secondary N) is 1. The van der Waals surface area contributed by atoms with E-state index >= 15 is 0 Å². The van der Waals surface area contributed by atoms with E-state index in [1.54, 1.807) is 12.4 Å². The number of halogens is 1. The number of hydrogen-bond acceptors (Lipinski definition) is 2. The zero-order valence-electron chi connectivity index (χ0n) is 9.02. The average molecular weight is 233 g/mol. The molecule has 2 nitrogen and oxygen atoms in total. The van der Waals surface area contributed by atoms with Gasteiger partial charge in [0.1, 0.15) is 0 Å². The van der Waals surface area contributed by atoms with Gasteiger partial charge >= 0.3 is 0 Å². The lowest BCUT2D eigenvalue weighted by Crippen LogP contribution is -2.17. The molecule has 1 heterocycles. The minimum atomic E-state index is 0.108. The minimum Gasteiger partial charge on any atom is -0.309 e. The second-order valence-electron chi connectivity index (χ2n) is 3.52. The van der Waals surface area contributed by atoms with Gasteiger partial charge in [-0.3, -0.25) is 4.98 Å². The van der Waals surface area contributed by atoms with E-state index in [2.05, 4.69) is 10.3 Å². The fraction of sp³-hybridized carbons (Fsp3) is 0.154. The molecule has 2 rings (SSSR count). The highest BCUT2D eigenvalue weighted by Crippen LogP contribution is 2.27. The number of benzene rings is 1. The molecule has 82 valence electrons. The van der Waals surface area contributed by atoms with Crippen molar-refractivity contribution in [2.45, 2.75) is 6.04 Å². The van der Waals surface area contributed by atoms with Gasteiger partial charge in [0.15, 0.2) is 0 Å². The Morgan fingerprint density at radius 2 is 1.81 bits per heavy atom. The third-order valence-corrected chi connectivity index (χ3v) is 2.89. The Hall–Kier alpha value is -1.38. The summed E-state index contributed by atoms with van der Waals surface area (Å²) in [6.07, 6.45) is 3.58. The van der Waals surface area contributed by atoms with Crippen molar-refractivity contribution >= 4 is 11.6 Å². The highest BCUT2D eigenvalue weighted by molar-refractivity contribution is 6.31. The van der Waals surface area contributed by atoms with Gasteiger partial charge in [-0.25, -0.2) is 0 Å². The van der Waals surface area contributed by atoms with Gasteiger partial charge in [0.05, 0.1) is 6.04 Å². The molecule has 0 bridgehead atoms. The van der Waals surface area contributed by atoms with E-state index in [0.717, 1.165) is 16.1 Å². The zero-order valence-corrected chi connectivity index (χ0v) is 9.78. The first-order valence-electron chi connectivity index (χ1n) is 5.14. The van der Waals surface area contributed by atoms with Crippen molar-refractivity contribution in [2.75, 3.05) is 7.05 Å². The molecule has 0 spiro atoms. The van der Waals surface area contributed by atoms with Crippen LogP contribution < -0.4 is 5.32 Å². The first-order valence-corrected chi connectivity index (χ1v) is 5.52. The summed E-state index contributed by atoms with van der Waals surface area (Å²) in [5, 5.41) is 4.04. The molecule has 16 heavy (non-hydrogen) atoms. The number of hydrogen-bond donors (Lipinski definition) is 1. The molecular weight excluding hydrogens is 220 g/mol. The molecule has 0 saturated heterocycles.